The maximum atomic E-state index is 12.7. The van der Waals surface area contributed by atoms with Crippen molar-refractivity contribution in [3.05, 3.63) is 94.1 Å². The van der Waals surface area contributed by atoms with Crippen molar-refractivity contribution in [2.45, 2.75) is 25.0 Å². The van der Waals surface area contributed by atoms with Crippen LogP contribution in [0.5, 0.6) is 5.75 Å². The third-order valence-corrected chi connectivity index (χ3v) is 5.97. The van der Waals surface area contributed by atoms with Crippen LogP contribution in [-0.4, -0.2) is 30.3 Å². The molecule has 0 aliphatic heterocycles. The molecule has 36 heavy (non-hydrogen) atoms. The highest BCUT2D eigenvalue weighted by Gasteiger charge is 2.29. The number of amides is 2. The van der Waals surface area contributed by atoms with Crippen LogP contribution in [0.2, 0.25) is 0 Å². The zero-order valence-corrected chi connectivity index (χ0v) is 21.8. The molecule has 0 saturated carbocycles. The molecule has 2 amide bonds. The lowest BCUT2D eigenvalue weighted by Crippen LogP contribution is -2.28. The molecule has 0 unspecified atom stereocenters. The second-order valence-corrected chi connectivity index (χ2v) is 9.10. The summed E-state index contributed by atoms with van der Waals surface area (Å²) in [7, 11) is 1.51. The van der Waals surface area contributed by atoms with Crippen LogP contribution < -0.4 is 16.4 Å². The summed E-state index contributed by atoms with van der Waals surface area (Å²) in [4.78, 5) is 24.9. The minimum absolute atomic E-state index is 0.00894. The molecule has 0 aromatic heterocycles. The van der Waals surface area contributed by atoms with Gasteiger partial charge in [0, 0.05) is 21.9 Å². The number of phenols is 1. The first-order chi connectivity index (χ1) is 17.4. The van der Waals surface area contributed by atoms with Gasteiger partial charge in [-0.2, -0.15) is 0 Å². The number of nitrogens with one attached hydrogen (secondary N) is 2. The number of hydrogen-bond donors (Lipinski definition) is 4. The third kappa shape index (κ3) is 7.99. The van der Waals surface area contributed by atoms with Gasteiger partial charge in [-0.15, -0.1) is 0 Å². The summed E-state index contributed by atoms with van der Waals surface area (Å²) >= 11 is 2.12. The van der Waals surface area contributed by atoms with Crippen molar-refractivity contribution >= 4 is 51.7 Å². The topological polar surface area (TPSA) is 123 Å². The normalized spacial score (nSPS) is 12.6. The molecule has 0 radical (unpaired) electrons. The fraction of sp³-hybridized carbons (Fsp3) is 0.185. The van der Waals surface area contributed by atoms with Crippen molar-refractivity contribution in [3.63, 3.8) is 0 Å². The first kappa shape index (κ1) is 27.0. The molecule has 3 aromatic rings. The van der Waals surface area contributed by atoms with Crippen LogP contribution in [0, 0.1) is 3.57 Å². The Labute approximate surface area is 223 Å². The SMILES string of the molecule is CO[C@@H](CC/C=C/C(=O)Nc1ccccc1N)[C@@H](OC(=O)Nc1ccccc1)c1cc(I)ccc1O. The average molecular weight is 601 g/mol. The molecule has 0 aliphatic rings. The number of hydrogen-bond acceptors (Lipinski definition) is 6. The molecule has 8 nitrogen and oxygen atoms in total. The molecule has 0 aliphatic carbocycles. The molecular formula is C27H28IN3O5. The van der Waals surface area contributed by atoms with Crippen LogP contribution in [0.25, 0.3) is 0 Å². The van der Waals surface area contributed by atoms with Gasteiger partial charge in [0.1, 0.15) is 5.75 Å². The number of aromatic hydroxyl groups is 1. The number of halogens is 1. The largest absolute Gasteiger partial charge is 0.508 e. The van der Waals surface area contributed by atoms with Crippen molar-refractivity contribution in [3.8, 4) is 5.75 Å². The number of benzene rings is 3. The second kappa shape index (κ2) is 13.5. The maximum absolute atomic E-state index is 12.7. The number of methoxy groups -OCH3 is 1. The third-order valence-electron chi connectivity index (χ3n) is 5.30. The van der Waals surface area contributed by atoms with Crippen molar-refractivity contribution in [2.75, 3.05) is 23.5 Å². The fourth-order valence-electron chi connectivity index (χ4n) is 3.51. The highest BCUT2D eigenvalue weighted by molar-refractivity contribution is 14.1. The van der Waals surface area contributed by atoms with E-state index in [-0.39, 0.29) is 11.7 Å². The van der Waals surface area contributed by atoms with Gasteiger partial charge in [-0.1, -0.05) is 36.4 Å². The van der Waals surface area contributed by atoms with Gasteiger partial charge in [0.25, 0.3) is 0 Å². The predicted molar refractivity (Wildman–Crippen MR) is 149 cm³/mol. The number of rotatable bonds is 10. The molecule has 3 aromatic carbocycles. The summed E-state index contributed by atoms with van der Waals surface area (Å²) in [5, 5.41) is 15.9. The second-order valence-electron chi connectivity index (χ2n) is 7.85. The number of carbonyl (C=O) groups excluding carboxylic acids is 2. The summed E-state index contributed by atoms with van der Waals surface area (Å²) in [5.41, 5.74) is 7.88. The Kier molecular flexibility index (Phi) is 10.1. The molecule has 0 bridgehead atoms. The summed E-state index contributed by atoms with van der Waals surface area (Å²) in [5.74, 6) is -0.322. The Morgan fingerprint density at radius 3 is 2.50 bits per heavy atom. The van der Waals surface area contributed by atoms with Crippen LogP contribution in [0.4, 0.5) is 21.9 Å². The van der Waals surface area contributed by atoms with E-state index in [2.05, 4.69) is 33.2 Å². The molecule has 0 saturated heterocycles. The highest BCUT2D eigenvalue weighted by Crippen LogP contribution is 2.34. The monoisotopic (exact) mass is 601 g/mol. The number of para-hydroxylation sites is 3. The van der Waals surface area contributed by atoms with Crippen LogP contribution in [0.1, 0.15) is 24.5 Å². The van der Waals surface area contributed by atoms with E-state index in [9.17, 15) is 14.7 Å². The van der Waals surface area contributed by atoms with E-state index < -0.39 is 18.3 Å². The maximum Gasteiger partial charge on any atom is 0.412 e. The van der Waals surface area contributed by atoms with Gasteiger partial charge in [-0.3, -0.25) is 10.1 Å². The Morgan fingerprint density at radius 1 is 1.06 bits per heavy atom. The molecule has 9 heteroatoms. The first-order valence-corrected chi connectivity index (χ1v) is 12.3. The number of carbonyl (C=O) groups is 2. The van der Waals surface area contributed by atoms with E-state index in [0.717, 1.165) is 3.57 Å². The van der Waals surface area contributed by atoms with Crippen molar-refractivity contribution in [1.82, 2.24) is 0 Å². The van der Waals surface area contributed by atoms with Gasteiger partial charge in [0.2, 0.25) is 5.91 Å². The Bertz CT molecular complexity index is 1200. The van der Waals surface area contributed by atoms with Crippen molar-refractivity contribution in [2.24, 2.45) is 0 Å². The number of nitrogens with two attached hydrogens (primary N) is 1. The fourth-order valence-corrected chi connectivity index (χ4v) is 4.02. The molecule has 188 valence electrons. The first-order valence-electron chi connectivity index (χ1n) is 11.2. The highest BCUT2D eigenvalue weighted by atomic mass is 127. The number of nitrogen functional groups attached to an aromatic ring is 1. The van der Waals surface area contributed by atoms with Gasteiger partial charge in [-0.25, -0.2) is 4.79 Å². The van der Waals surface area contributed by atoms with E-state index in [1.807, 2.05) is 6.07 Å². The minimum Gasteiger partial charge on any atom is -0.508 e. The van der Waals surface area contributed by atoms with Crippen molar-refractivity contribution in [1.29, 1.82) is 0 Å². The number of allylic oxidation sites excluding steroid dienone is 1. The van der Waals surface area contributed by atoms with Gasteiger partial charge >= 0.3 is 6.09 Å². The molecule has 3 rings (SSSR count). The van der Waals surface area contributed by atoms with E-state index in [4.69, 9.17) is 15.2 Å². The zero-order chi connectivity index (χ0) is 25.9. The number of phenolic OH excluding ortho intramolecular Hbond substituents is 1. The predicted octanol–water partition coefficient (Wildman–Crippen LogP) is 5.86. The molecular weight excluding hydrogens is 573 g/mol. The summed E-state index contributed by atoms with van der Waals surface area (Å²) in [6.45, 7) is 0. The zero-order valence-electron chi connectivity index (χ0n) is 19.7. The molecule has 0 fully saturated rings. The van der Waals surface area contributed by atoms with E-state index in [1.165, 1.54) is 13.2 Å². The van der Waals surface area contributed by atoms with Gasteiger partial charge in [-0.05, 0) is 84.0 Å². The molecule has 5 N–H and O–H groups in total. The number of anilines is 3. The van der Waals surface area contributed by atoms with E-state index in [1.54, 1.807) is 72.8 Å². The van der Waals surface area contributed by atoms with Crippen LogP contribution in [-0.2, 0) is 14.3 Å². The average Bonchev–Trinajstić information content (AvgIpc) is 2.86. The van der Waals surface area contributed by atoms with Crippen molar-refractivity contribution < 1.29 is 24.2 Å². The lowest BCUT2D eigenvalue weighted by Gasteiger charge is -2.27. The van der Waals surface area contributed by atoms with Crippen LogP contribution in [0.15, 0.2) is 84.9 Å². The molecule has 2 atom stereocenters. The summed E-state index contributed by atoms with van der Waals surface area (Å²) in [6, 6.07) is 21.0. The van der Waals surface area contributed by atoms with E-state index in [0.29, 0.717) is 35.5 Å². The van der Waals surface area contributed by atoms with E-state index >= 15 is 0 Å². The lowest BCUT2D eigenvalue weighted by molar-refractivity contribution is -0.111. The quantitative estimate of drug-likeness (QED) is 0.131. The summed E-state index contributed by atoms with van der Waals surface area (Å²) in [6.07, 6.45) is 1.84. The lowest BCUT2D eigenvalue weighted by atomic mass is 9.99. The minimum atomic E-state index is -0.889. The standard InChI is InChI=1S/C27H28IN3O5/c1-35-24(13-7-8-14-25(33)31-22-12-6-5-11-21(22)29)26(20-17-18(28)15-16-23(20)32)36-27(34)30-19-9-3-2-4-10-19/h2-6,8-12,14-17,24,26,32H,7,13,29H2,1H3,(H,30,34)(H,31,33)/b14-8+/t24-,26-/m0/s1. The van der Waals surface area contributed by atoms with Gasteiger partial charge < -0.3 is 25.6 Å². The summed E-state index contributed by atoms with van der Waals surface area (Å²) < 4.78 is 12.3. The van der Waals surface area contributed by atoms with Crippen LogP contribution >= 0.6 is 22.6 Å². The Hall–Kier alpha value is -3.57. The molecule has 0 spiro atoms. The van der Waals surface area contributed by atoms with Gasteiger partial charge in [0.05, 0.1) is 17.5 Å². The molecule has 0 heterocycles. The Balaban J connectivity index is 1.69. The number of ether oxygens (including phenoxy) is 2. The van der Waals surface area contributed by atoms with Gasteiger partial charge in [0.15, 0.2) is 6.10 Å². The smallest absolute Gasteiger partial charge is 0.412 e. The Morgan fingerprint density at radius 2 is 1.78 bits per heavy atom. The van der Waals surface area contributed by atoms with Crippen LogP contribution in [0.3, 0.4) is 0 Å².